The molecule has 1 aliphatic rings. The van der Waals surface area contributed by atoms with Gasteiger partial charge in [0.1, 0.15) is 0 Å². The number of carbonyl (C=O) groups excluding carboxylic acids is 1. The summed E-state index contributed by atoms with van der Waals surface area (Å²) in [6, 6.07) is 10.7. The number of nitrogens with zero attached hydrogens (tertiary/aromatic N) is 2. The first-order chi connectivity index (χ1) is 11.5. The third-order valence-electron chi connectivity index (χ3n) is 3.90. The summed E-state index contributed by atoms with van der Waals surface area (Å²) < 4.78 is 25.2. The molecule has 2 aromatic rings. The fourth-order valence-electron chi connectivity index (χ4n) is 2.67. The number of anilines is 2. The van der Waals surface area contributed by atoms with E-state index in [0.717, 1.165) is 5.56 Å². The number of aromatic nitrogens is 1. The monoisotopic (exact) mass is 345 g/mol. The van der Waals surface area contributed by atoms with Crippen molar-refractivity contribution in [2.45, 2.75) is 19.3 Å². The minimum Gasteiger partial charge on any atom is -0.326 e. The van der Waals surface area contributed by atoms with E-state index in [9.17, 15) is 13.2 Å². The molecule has 6 nitrogen and oxygen atoms in total. The largest absolute Gasteiger partial charge is 0.326 e. The molecule has 0 atom stereocenters. The third-order valence-corrected chi connectivity index (χ3v) is 5.77. The Balaban J connectivity index is 1.57. The van der Waals surface area contributed by atoms with Crippen molar-refractivity contribution in [3.8, 4) is 0 Å². The molecule has 1 saturated heterocycles. The van der Waals surface area contributed by atoms with Gasteiger partial charge in [-0.3, -0.25) is 14.1 Å². The van der Waals surface area contributed by atoms with Gasteiger partial charge in [-0.2, -0.15) is 0 Å². The van der Waals surface area contributed by atoms with Crippen molar-refractivity contribution in [1.29, 1.82) is 0 Å². The van der Waals surface area contributed by atoms with Gasteiger partial charge in [-0.25, -0.2) is 8.42 Å². The van der Waals surface area contributed by atoms with E-state index in [4.69, 9.17) is 0 Å². The fraction of sp³-hybridized carbons (Fsp3) is 0.294. The first-order valence-electron chi connectivity index (χ1n) is 7.84. The summed E-state index contributed by atoms with van der Waals surface area (Å²) in [6.45, 7) is 0.513. The number of amides is 1. The molecule has 1 aliphatic heterocycles. The van der Waals surface area contributed by atoms with Crippen LogP contribution in [0.25, 0.3) is 0 Å². The summed E-state index contributed by atoms with van der Waals surface area (Å²) in [5.74, 6) is 0.111. The number of benzene rings is 1. The Labute approximate surface area is 141 Å². The molecule has 0 unspecified atom stereocenters. The molecule has 0 radical (unpaired) electrons. The fourth-order valence-corrected chi connectivity index (χ4v) is 4.23. The number of rotatable bonds is 5. The van der Waals surface area contributed by atoms with Crippen molar-refractivity contribution in [2.24, 2.45) is 0 Å². The van der Waals surface area contributed by atoms with Gasteiger partial charge in [-0.05, 0) is 48.7 Å². The van der Waals surface area contributed by atoms with Crippen LogP contribution in [0.4, 0.5) is 11.4 Å². The molecule has 1 amide bonds. The smallest absolute Gasteiger partial charge is 0.235 e. The van der Waals surface area contributed by atoms with Gasteiger partial charge in [-0.1, -0.05) is 6.07 Å². The molecular weight excluding hydrogens is 326 g/mol. The van der Waals surface area contributed by atoms with Crippen LogP contribution in [0.5, 0.6) is 0 Å². The van der Waals surface area contributed by atoms with Crippen LogP contribution in [0.15, 0.2) is 48.8 Å². The van der Waals surface area contributed by atoms with E-state index in [1.165, 1.54) is 4.31 Å². The molecule has 1 aromatic heterocycles. The molecule has 126 valence electrons. The van der Waals surface area contributed by atoms with Gasteiger partial charge < -0.3 is 5.32 Å². The summed E-state index contributed by atoms with van der Waals surface area (Å²) >= 11 is 0. The second-order valence-corrected chi connectivity index (χ2v) is 7.71. The molecule has 7 heteroatoms. The maximum absolute atomic E-state index is 12.0. The summed E-state index contributed by atoms with van der Waals surface area (Å²) in [6.07, 6.45) is 5.09. The molecule has 1 aromatic carbocycles. The van der Waals surface area contributed by atoms with Crippen LogP contribution in [0.3, 0.4) is 0 Å². The minimum absolute atomic E-state index is 0.0830. The maximum Gasteiger partial charge on any atom is 0.235 e. The van der Waals surface area contributed by atoms with E-state index in [0.29, 0.717) is 37.2 Å². The second-order valence-electron chi connectivity index (χ2n) is 5.70. The lowest BCUT2D eigenvalue weighted by molar-refractivity contribution is -0.116. The molecule has 1 fully saturated rings. The molecular formula is C17H19N3O3S. The van der Waals surface area contributed by atoms with E-state index in [-0.39, 0.29) is 11.7 Å². The number of sulfonamides is 1. The first kappa shape index (κ1) is 16.4. The molecule has 0 saturated carbocycles. The van der Waals surface area contributed by atoms with Crippen LogP contribution in [0, 0.1) is 0 Å². The van der Waals surface area contributed by atoms with Crippen LogP contribution in [-0.2, 0) is 21.2 Å². The van der Waals surface area contributed by atoms with Gasteiger partial charge in [-0.15, -0.1) is 0 Å². The van der Waals surface area contributed by atoms with E-state index in [2.05, 4.69) is 10.3 Å². The topological polar surface area (TPSA) is 79.4 Å². The van der Waals surface area contributed by atoms with E-state index >= 15 is 0 Å². The minimum atomic E-state index is -3.18. The highest BCUT2D eigenvalue weighted by atomic mass is 32.2. The van der Waals surface area contributed by atoms with Gasteiger partial charge in [0.2, 0.25) is 15.9 Å². The molecule has 2 heterocycles. The zero-order valence-electron chi connectivity index (χ0n) is 13.2. The number of pyridine rings is 1. The normalized spacial score (nSPS) is 16.1. The number of hydrogen-bond donors (Lipinski definition) is 1. The van der Waals surface area contributed by atoms with Gasteiger partial charge in [0.25, 0.3) is 0 Å². The highest BCUT2D eigenvalue weighted by Crippen LogP contribution is 2.25. The van der Waals surface area contributed by atoms with E-state index in [1.807, 2.05) is 12.1 Å². The SMILES string of the molecule is O=C(CCc1cccnc1)Nc1ccc(N2CCCS2(=O)=O)cc1. The van der Waals surface area contributed by atoms with Crippen molar-refractivity contribution >= 4 is 27.3 Å². The van der Waals surface area contributed by atoms with Crippen LogP contribution in [-0.4, -0.2) is 31.6 Å². The first-order valence-corrected chi connectivity index (χ1v) is 9.45. The lowest BCUT2D eigenvalue weighted by Crippen LogP contribution is -2.25. The number of aryl methyl sites for hydroxylation is 1. The predicted octanol–water partition coefficient (Wildman–Crippen LogP) is 2.19. The average Bonchev–Trinajstić information content (AvgIpc) is 2.94. The number of hydrogen-bond acceptors (Lipinski definition) is 4. The Kier molecular flexibility index (Phi) is 4.80. The zero-order chi connectivity index (χ0) is 17.0. The number of nitrogens with one attached hydrogen (secondary N) is 1. The van der Waals surface area contributed by atoms with Crippen LogP contribution in [0.1, 0.15) is 18.4 Å². The van der Waals surface area contributed by atoms with Gasteiger partial charge in [0, 0.05) is 31.0 Å². The predicted molar refractivity (Wildman–Crippen MR) is 93.4 cm³/mol. The van der Waals surface area contributed by atoms with Gasteiger partial charge >= 0.3 is 0 Å². The summed E-state index contributed by atoms with van der Waals surface area (Å²) in [5, 5.41) is 2.82. The van der Waals surface area contributed by atoms with Crippen molar-refractivity contribution in [2.75, 3.05) is 21.9 Å². The van der Waals surface area contributed by atoms with Crippen molar-refractivity contribution < 1.29 is 13.2 Å². The highest BCUT2D eigenvalue weighted by molar-refractivity contribution is 7.93. The Hall–Kier alpha value is -2.41. The van der Waals surface area contributed by atoms with Crippen LogP contribution >= 0.6 is 0 Å². The number of carbonyl (C=O) groups is 1. The Morgan fingerprint density at radius 1 is 1.21 bits per heavy atom. The standard InChI is InChI=1S/C17H19N3O3S/c21-17(9-4-14-3-1-10-18-13-14)19-15-5-7-16(8-6-15)20-11-2-12-24(20,22)23/h1,3,5-8,10,13H,2,4,9,11-12H2,(H,19,21). The summed E-state index contributed by atoms with van der Waals surface area (Å²) in [5.41, 5.74) is 2.31. The zero-order valence-corrected chi connectivity index (χ0v) is 14.0. The second kappa shape index (κ2) is 7.00. The van der Waals surface area contributed by atoms with Crippen molar-refractivity contribution in [3.63, 3.8) is 0 Å². The molecule has 1 N–H and O–H groups in total. The lowest BCUT2D eigenvalue weighted by Gasteiger charge is -2.17. The highest BCUT2D eigenvalue weighted by Gasteiger charge is 2.28. The Morgan fingerprint density at radius 3 is 2.62 bits per heavy atom. The third kappa shape index (κ3) is 3.91. The molecule has 0 aliphatic carbocycles. The van der Waals surface area contributed by atoms with Crippen molar-refractivity contribution in [1.82, 2.24) is 4.98 Å². The maximum atomic E-state index is 12.0. The molecule has 3 rings (SSSR count). The van der Waals surface area contributed by atoms with Crippen LogP contribution in [0.2, 0.25) is 0 Å². The molecule has 0 spiro atoms. The lowest BCUT2D eigenvalue weighted by atomic mass is 10.1. The van der Waals surface area contributed by atoms with Crippen molar-refractivity contribution in [3.05, 3.63) is 54.4 Å². The Bertz CT molecular complexity index is 805. The molecule has 24 heavy (non-hydrogen) atoms. The molecule has 0 bridgehead atoms. The Morgan fingerprint density at radius 2 is 2.00 bits per heavy atom. The van der Waals surface area contributed by atoms with E-state index < -0.39 is 10.0 Å². The van der Waals surface area contributed by atoms with Crippen LogP contribution < -0.4 is 9.62 Å². The summed E-state index contributed by atoms with van der Waals surface area (Å²) in [4.78, 5) is 16.0. The summed E-state index contributed by atoms with van der Waals surface area (Å²) in [7, 11) is -3.18. The quantitative estimate of drug-likeness (QED) is 0.901. The van der Waals surface area contributed by atoms with E-state index in [1.54, 1.807) is 36.7 Å². The van der Waals surface area contributed by atoms with Gasteiger partial charge in [0.15, 0.2) is 0 Å². The average molecular weight is 345 g/mol. The van der Waals surface area contributed by atoms with Gasteiger partial charge in [0.05, 0.1) is 11.4 Å².